The number of ether oxygens (including phenoxy) is 2. The topological polar surface area (TPSA) is 55.8 Å². The van der Waals surface area contributed by atoms with E-state index in [1.54, 1.807) is 6.07 Å². The van der Waals surface area contributed by atoms with Crippen molar-refractivity contribution < 1.29 is 19.4 Å². The smallest absolute Gasteiger partial charge is 0.339 e. The van der Waals surface area contributed by atoms with E-state index in [0.717, 1.165) is 11.1 Å². The monoisotopic (exact) mass is 350 g/mol. The highest BCUT2D eigenvalue weighted by Gasteiger charge is 2.18. The van der Waals surface area contributed by atoms with Crippen molar-refractivity contribution in [2.75, 3.05) is 7.11 Å². The molecule has 0 fully saturated rings. The molecule has 2 aromatic rings. The van der Waals surface area contributed by atoms with Gasteiger partial charge in [0.1, 0.15) is 12.2 Å². The molecular weight excluding hydrogens is 336 g/mol. The van der Waals surface area contributed by atoms with Crippen molar-refractivity contribution in [1.82, 2.24) is 0 Å². The number of benzene rings is 2. The van der Waals surface area contributed by atoms with Crippen LogP contribution < -0.4 is 9.47 Å². The second-order valence-corrected chi connectivity index (χ2v) is 5.42. The van der Waals surface area contributed by atoms with Crippen molar-refractivity contribution >= 4 is 21.9 Å². The molecule has 0 unspecified atom stereocenters. The van der Waals surface area contributed by atoms with Gasteiger partial charge in [-0.05, 0) is 30.2 Å². The average Bonchev–Trinajstić information content (AvgIpc) is 2.46. The number of methoxy groups -OCH3 is 1. The summed E-state index contributed by atoms with van der Waals surface area (Å²) in [7, 11) is 1.48. The van der Waals surface area contributed by atoms with Crippen molar-refractivity contribution in [3.8, 4) is 11.5 Å². The minimum Gasteiger partial charge on any atom is -0.493 e. The van der Waals surface area contributed by atoms with Gasteiger partial charge >= 0.3 is 5.97 Å². The van der Waals surface area contributed by atoms with Gasteiger partial charge in [0.05, 0.1) is 7.11 Å². The molecule has 1 N–H and O–H groups in total. The van der Waals surface area contributed by atoms with E-state index in [2.05, 4.69) is 15.9 Å². The standard InChI is InChI=1S/C16H15BrO4/c1-10-5-3-4-6-11(10)9-21-15-13(16(18)19)7-12(17)8-14(15)20-2/h3-8H,9H2,1-2H3,(H,18,19). The third-order valence-corrected chi connectivity index (χ3v) is 3.56. The summed E-state index contributed by atoms with van der Waals surface area (Å²) in [6.45, 7) is 2.26. The number of aromatic carboxylic acids is 1. The zero-order valence-corrected chi connectivity index (χ0v) is 13.3. The Kier molecular flexibility index (Phi) is 4.85. The predicted octanol–water partition coefficient (Wildman–Crippen LogP) is 4.04. The SMILES string of the molecule is COc1cc(Br)cc(C(=O)O)c1OCc1ccccc1C. The molecule has 0 aliphatic heterocycles. The van der Waals surface area contributed by atoms with E-state index < -0.39 is 5.97 Å². The van der Waals surface area contributed by atoms with Crippen LogP contribution in [-0.2, 0) is 6.61 Å². The van der Waals surface area contributed by atoms with Gasteiger partial charge in [0, 0.05) is 4.47 Å². The third-order valence-electron chi connectivity index (χ3n) is 3.10. The van der Waals surface area contributed by atoms with Gasteiger partial charge in [-0.1, -0.05) is 40.2 Å². The quantitative estimate of drug-likeness (QED) is 0.883. The number of hydrogen-bond donors (Lipinski definition) is 1. The van der Waals surface area contributed by atoms with Crippen molar-refractivity contribution in [3.63, 3.8) is 0 Å². The normalized spacial score (nSPS) is 10.2. The Balaban J connectivity index is 2.34. The lowest BCUT2D eigenvalue weighted by Crippen LogP contribution is -2.06. The molecule has 0 bridgehead atoms. The first kappa shape index (κ1) is 15.4. The van der Waals surface area contributed by atoms with Crippen molar-refractivity contribution in [2.45, 2.75) is 13.5 Å². The van der Waals surface area contributed by atoms with Crippen LogP contribution in [0.5, 0.6) is 11.5 Å². The maximum Gasteiger partial charge on any atom is 0.339 e. The summed E-state index contributed by atoms with van der Waals surface area (Å²) in [6, 6.07) is 11.0. The first-order valence-corrected chi connectivity index (χ1v) is 7.10. The molecule has 0 radical (unpaired) electrons. The predicted molar refractivity (Wildman–Crippen MR) is 83.2 cm³/mol. The van der Waals surface area contributed by atoms with E-state index in [0.29, 0.717) is 10.2 Å². The minimum absolute atomic E-state index is 0.0646. The molecule has 5 heteroatoms. The highest BCUT2D eigenvalue weighted by molar-refractivity contribution is 9.10. The molecule has 0 saturated heterocycles. The Hall–Kier alpha value is -2.01. The largest absolute Gasteiger partial charge is 0.493 e. The van der Waals surface area contributed by atoms with Crippen LogP contribution in [0.4, 0.5) is 0 Å². The molecule has 0 aliphatic rings. The van der Waals surface area contributed by atoms with E-state index in [1.165, 1.54) is 13.2 Å². The number of carbonyl (C=O) groups is 1. The van der Waals surface area contributed by atoms with Gasteiger partial charge in [-0.25, -0.2) is 4.79 Å². The molecular formula is C16H15BrO4. The fourth-order valence-electron chi connectivity index (χ4n) is 1.95. The molecule has 0 atom stereocenters. The summed E-state index contributed by atoms with van der Waals surface area (Å²) in [5, 5.41) is 9.31. The lowest BCUT2D eigenvalue weighted by molar-refractivity contribution is 0.0690. The second kappa shape index (κ2) is 6.63. The fourth-order valence-corrected chi connectivity index (χ4v) is 2.39. The Morgan fingerprint density at radius 3 is 2.62 bits per heavy atom. The van der Waals surface area contributed by atoms with Gasteiger partial charge in [0.15, 0.2) is 11.5 Å². The number of carboxylic acids is 1. The van der Waals surface area contributed by atoms with Gasteiger partial charge in [0.25, 0.3) is 0 Å². The van der Waals surface area contributed by atoms with Crippen LogP contribution in [0.1, 0.15) is 21.5 Å². The highest BCUT2D eigenvalue weighted by atomic mass is 79.9. The van der Waals surface area contributed by atoms with Crippen LogP contribution in [-0.4, -0.2) is 18.2 Å². The Labute approximate surface area is 131 Å². The van der Waals surface area contributed by atoms with Crippen molar-refractivity contribution in [3.05, 3.63) is 57.6 Å². The van der Waals surface area contributed by atoms with E-state index >= 15 is 0 Å². The van der Waals surface area contributed by atoms with E-state index in [4.69, 9.17) is 9.47 Å². The maximum atomic E-state index is 11.4. The molecule has 0 heterocycles. The second-order valence-electron chi connectivity index (χ2n) is 4.51. The average molecular weight is 351 g/mol. The Bertz CT molecular complexity index is 667. The van der Waals surface area contributed by atoms with Crippen LogP contribution in [0, 0.1) is 6.92 Å². The van der Waals surface area contributed by atoms with Crippen LogP contribution in [0.25, 0.3) is 0 Å². The third kappa shape index (κ3) is 3.55. The molecule has 4 nitrogen and oxygen atoms in total. The summed E-state index contributed by atoms with van der Waals surface area (Å²) in [5.41, 5.74) is 2.15. The molecule has 0 aromatic heterocycles. The van der Waals surface area contributed by atoms with Crippen LogP contribution >= 0.6 is 15.9 Å². The highest BCUT2D eigenvalue weighted by Crippen LogP contribution is 2.35. The van der Waals surface area contributed by atoms with Crippen molar-refractivity contribution in [1.29, 1.82) is 0 Å². The molecule has 2 rings (SSSR count). The number of halogens is 1. The van der Waals surface area contributed by atoms with E-state index in [9.17, 15) is 9.90 Å². The van der Waals surface area contributed by atoms with Gasteiger partial charge in [-0.3, -0.25) is 0 Å². The fraction of sp³-hybridized carbons (Fsp3) is 0.188. The Morgan fingerprint density at radius 1 is 1.29 bits per heavy atom. The summed E-state index contributed by atoms with van der Waals surface area (Å²) in [5.74, 6) is -0.443. The zero-order chi connectivity index (χ0) is 15.4. The number of hydrogen-bond acceptors (Lipinski definition) is 3. The zero-order valence-electron chi connectivity index (χ0n) is 11.7. The first-order chi connectivity index (χ1) is 10.0. The Morgan fingerprint density at radius 2 is 2.00 bits per heavy atom. The molecule has 2 aromatic carbocycles. The molecule has 0 aliphatic carbocycles. The van der Waals surface area contributed by atoms with E-state index in [-0.39, 0.29) is 17.9 Å². The van der Waals surface area contributed by atoms with E-state index in [1.807, 2.05) is 31.2 Å². The summed E-state index contributed by atoms with van der Waals surface area (Å²) >= 11 is 3.27. The lowest BCUT2D eigenvalue weighted by atomic mass is 10.1. The first-order valence-electron chi connectivity index (χ1n) is 6.31. The molecule has 0 amide bonds. The molecule has 0 spiro atoms. The molecule has 110 valence electrons. The molecule has 0 saturated carbocycles. The summed E-state index contributed by atoms with van der Waals surface area (Å²) < 4.78 is 11.6. The van der Waals surface area contributed by atoms with Gasteiger partial charge in [0.2, 0.25) is 0 Å². The summed E-state index contributed by atoms with van der Waals surface area (Å²) in [6.07, 6.45) is 0. The summed E-state index contributed by atoms with van der Waals surface area (Å²) in [4.78, 5) is 11.4. The maximum absolute atomic E-state index is 11.4. The number of carboxylic acid groups (broad SMARTS) is 1. The number of rotatable bonds is 5. The van der Waals surface area contributed by atoms with Crippen LogP contribution in [0.15, 0.2) is 40.9 Å². The molecule has 21 heavy (non-hydrogen) atoms. The van der Waals surface area contributed by atoms with Crippen LogP contribution in [0.3, 0.4) is 0 Å². The van der Waals surface area contributed by atoms with Gasteiger partial charge in [-0.2, -0.15) is 0 Å². The van der Waals surface area contributed by atoms with Gasteiger partial charge in [-0.15, -0.1) is 0 Å². The minimum atomic E-state index is -1.06. The van der Waals surface area contributed by atoms with Crippen molar-refractivity contribution in [2.24, 2.45) is 0 Å². The van der Waals surface area contributed by atoms with Gasteiger partial charge < -0.3 is 14.6 Å². The van der Waals surface area contributed by atoms with Crippen LogP contribution in [0.2, 0.25) is 0 Å². The number of aryl methyl sites for hydroxylation is 1. The lowest BCUT2D eigenvalue weighted by Gasteiger charge is -2.14.